The maximum atomic E-state index is 12.2. The monoisotopic (exact) mass is 318 g/mol. The molecule has 0 spiro atoms. The highest BCUT2D eigenvalue weighted by atomic mass is 35.5. The summed E-state index contributed by atoms with van der Waals surface area (Å²) in [6, 6.07) is 2.22. The molecule has 2 rings (SSSR count). The van der Waals surface area contributed by atoms with Crippen molar-refractivity contribution in [2.24, 2.45) is 5.92 Å². The quantitative estimate of drug-likeness (QED) is 0.857. The molecule has 1 aliphatic rings. The number of hydrogen-bond acceptors (Lipinski definition) is 4. The number of alkyl halides is 3. The van der Waals surface area contributed by atoms with Crippen LogP contribution in [0.25, 0.3) is 0 Å². The molecule has 0 unspecified atom stereocenters. The van der Waals surface area contributed by atoms with E-state index in [9.17, 15) is 13.2 Å². The van der Waals surface area contributed by atoms with E-state index < -0.39 is 12.6 Å². The van der Waals surface area contributed by atoms with E-state index >= 15 is 0 Å². The zero-order valence-corrected chi connectivity index (χ0v) is 12.0. The first-order valence-electron chi connectivity index (χ1n) is 6.62. The number of aryl methyl sites for hydroxylation is 1. The van der Waals surface area contributed by atoms with Crippen molar-refractivity contribution in [3.05, 3.63) is 17.0 Å². The zero-order valence-electron chi connectivity index (χ0n) is 11.2. The summed E-state index contributed by atoms with van der Waals surface area (Å²) in [7, 11) is 0. The Kier molecular flexibility index (Phi) is 4.88. The van der Waals surface area contributed by atoms with Crippen LogP contribution >= 0.6 is 11.6 Å². The first-order chi connectivity index (χ1) is 9.89. The van der Waals surface area contributed by atoms with Gasteiger partial charge in [0.15, 0.2) is 11.0 Å². The molecule has 0 N–H and O–H groups in total. The van der Waals surface area contributed by atoms with Gasteiger partial charge in [0.05, 0.1) is 18.0 Å². The number of aromatic nitrogens is 2. The highest BCUT2D eigenvalue weighted by molar-refractivity contribution is 6.31. The molecule has 1 aromatic rings. The molecular formula is C13H14ClF3N4. The van der Waals surface area contributed by atoms with E-state index in [1.54, 1.807) is 0 Å². The third kappa shape index (κ3) is 4.46. The first-order valence-corrected chi connectivity index (χ1v) is 6.99. The Bertz CT molecular complexity index is 533. The van der Waals surface area contributed by atoms with Gasteiger partial charge in [0.2, 0.25) is 0 Å². The minimum Gasteiger partial charge on any atom is -0.354 e. The standard InChI is InChI=1S/C13H14ClF3N4/c14-11-12(21-5-2-9(7-18)3-6-21)20-10(8-19-11)1-4-13(15,16)17/h8-9H,1-6H2. The second-order valence-corrected chi connectivity index (χ2v) is 5.34. The van der Waals surface area contributed by atoms with Gasteiger partial charge >= 0.3 is 6.18 Å². The molecule has 114 valence electrons. The summed E-state index contributed by atoms with van der Waals surface area (Å²) in [4.78, 5) is 10.00. The van der Waals surface area contributed by atoms with Crippen LogP contribution in [0, 0.1) is 17.2 Å². The van der Waals surface area contributed by atoms with Gasteiger partial charge in [0.25, 0.3) is 0 Å². The van der Waals surface area contributed by atoms with Crippen molar-refractivity contribution in [1.82, 2.24) is 9.97 Å². The third-order valence-corrected chi connectivity index (χ3v) is 3.67. The molecule has 2 heterocycles. The molecule has 0 saturated carbocycles. The topological polar surface area (TPSA) is 52.8 Å². The van der Waals surface area contributed by atoms with Gasteiger partial charge in [-0.25, -0.2) is 9.97 Å². The molecule has 0 aromatic carbocycles. The van der Waals surface area contributed by atoms with E-state index in [2.05, 4.69) is 16.0 Å². The molecular weight excluding hydrogens is 305 g/mol. The SMILES string of the molecule is N#CC1CCN(c2nc(CCC(F)(F)F)cnc2Cl)CC1. The molecule has 1 fully saturated rings. The average Bonchev–Trinajstić information content (AvgIpc) is 2.46. The Labute approximate surface area is 125 Å². The van der Waals surface area contributed by atoms with Crippen LogP contribution in [0.5, 0.6) is 0 Å². The summed E-state index contributed by atoms with van der Waals surface area (Å²) in [5, 5.41) is 9.05. The first kappa shape index (κ1) is 15.8. The van der Waals surface area contributed by atoms with E-state index in [1.165, 1.54) is 6.20 Å². The lowest BCUT2D eigenvalue weighted by Gasteiger charge is -2.30. The van der Waals surface area contributed by atoms with Crippen LogP contribution in [-0.4, -0.2) is 29.2 Å². The van der Waals surface area contributed by atoms with Crippen LogP contribution in [0.3, 0.4) is 0 Å². The predicted octanol–water partition coefficient (Wildman–Crippen LogP) is 3.36. The van der Waals surface area contributed by atoms with E-state index in [0.717, 1.165) is 0 Å². The Morgan fingerprint density at radius 1 is 1.38 bits per heavy atom. The zero-order chi connectivity index (χ0) is 15.5. The number of nitrogens with zero attached hydrogens (tertiary/aromatic N) is 4. The van der Waals surface area contributed by atoms with Crippen LogP contribution in [0.15, 0.2) is 6.20 Å². The van der Waals surface area contributed by atoms with Gasteiger partial charge in [0.1, 0.15) is 0 Å². The normalized spacial score (nSPS) is 16.8. The fraction of sp³-hybridized carbons (Fsp3) is 0.615. The molecule has 8 heteroatoms. The highest BCUT2D eigenvalue weighted by Crippen LogP contribution is 2.27. The molecule has 0 radical (unpaired) electrons. The number of halogens is 4. The van der Waals surface area contributed by atoms with Crippen molar-refractivity contribution < 1.29 is 13.2 Å². The molecule has 1 saturated heterocycles. The van der Waals surface area contributed by atoms with E-state index in [0.29, 0.717) is 31.7 Å². The van der Waals surface area contributed by atoms with Gasteiger partial charge in [-0.1, -0.05) is 11.6 Å². The molecule has 21 heavy (non-hydrogen) atoms. The molecule has 0 atom stereocenters. The smallest absolute Gasteiger partial charge is 0.354 e. The Morgan fingerprint density at radius 3 is 2.62 bits per heavy atom. The Hall–Kier alpha value is -1.55. The van der Waals surface area contributed by atoms with Crippen LogP contribution in [0.2, 0.25) is 5.15 Å². The maximum absolute atomic E-state index is 12.2. The number of piperidine rings is 1. The summed E-state index contributed by atoms with van der Waals surface area (Å²) < 4.78 is 36.7. The summed E-state index contributed by atoms with van der Waals surface area (Å²) in [6.07, 6.45) is -2.69. The lowest BCUT2D eigenvalue weighted by Crippen LogP contribution is -2.34. The van der Waals surface area contributed by atoms with Crippen LogP contribution < -0.4 is 4.90 Å². The van der Waals surface area contributed by atoms with Gasteiger partial charge in [-0.3, -0.25) is 0 Å². The minimum atomic E-state index is -4.22. The fourth-order valence-corrected chi connectivity index (χ4v) is 2.42. The Balaban J connectivity index is 2.07. The van der Waals surface area contributed by atoms with Gasteiger partial charge in [-0.05, 0) is 19.3 Å². The second kappa shape index (κ2) is 6.48. The number of rotatable bonds is 3. The summed E-state index contributed by atoms with van der Waals surface area (Å²) in [5.41, 5.74) is 0.272. The molecule has 1 aliphatic heterocycles. The predicted molar refractivity (Wildman–Crippen MR) is 72.0 cm³/mol. The van der Waals surface area contributed by atoms with Gasteiger partial charge in [-0.15, -0.1) is 0 Å². The minimum absolute atomic E-state index is 0.0152. The van der Waals surface area contributed by atoms with Crippen molar-refractivity contribution >= 4 is 17.4 Å². The van der Waals surface area contributed by atoms with Crippen molar-refractivity contribution in [2.75, 3.05) is 18.0 Å². The Morgan fingerprint density at radius 2 is 2.05 bits per heavy atom. The molecule has 0 amide bonds. The third-order valence-electron chi connectivity index (χ3n) is 3.40. The highest BCUT2D eigenvalue weighted by Gasteiger charge is 2.27. The summed E-state index contributed by atoms with van der Waals surface area (Å²) >= 11 is 5.99. The number of hydrogen-bond donors (Lipinski definition) is 0. The van der Waals surface area contributed by atoms with E-state index in [4.69, 9.17) is 16.9 Å². The van der Waals surface area contributed by atoms with Gasteiger partial charge in [0, 0.05) is 25.4 Å². The molecule has 0 aliphatic carbocycles. The fourth-order valence-electron chi connectivity index (χ4n) is 2.21. The average molecular weight is 319 g/mol. The van der Waals surface area contributed by atoms with Crippen LogP contribution in [-0.2, 0) is 6.42 Å². The molecule has 0 bridgehead atoms. The van der Waals surface area contributed by atoms with Gasteiger partial charge < -0.3 is 4.90 Å². The van der Waals surface area contributed by atoms with Gasteiger partial charge in [-0.2, -0.15) is 18.4 Å². The molecule has 1 aromatic heterocycles. The largest absolute Gasteiger partial charge is 0.389 e. The lowest BCUT2D eigenvalue weighted by molar-refractivity contribution is -0.134. The number of nitriles is 1. The summed E-state index contributed by atoms with van der Waals surface area (Å²) in [6.45, 7) is 1.21. The van der Waals surface area contributed by atoms with E-state index in [1.807, 2.05) is 4.90 Å². The molecule has 4 nitrogen and oxygen atoms in total. The van der Waals surface area contributed by atoms with E-state index in [-0.39, 0.29) is 23.2 Å². The summed E-state index contributed by atoms with van der Waals surface area (Å²) in [5.74, 6) is 0.425. The van der Waals surface area contributed by atoms with Crippen molar-refractivity contribution in [2.45, 2.75) is 31.9 Å². The van der Waals surface area contributed by atoms with Crippen molar-refractivity contribution in [3.63, 3.8) is 0 Å². The second-order valence-electron chi connectivity index (χ2n) is 4.98. The lowest BCUT2D eigenvalue weighted by atomic mass is 9.99. The van der Waals surface area contributed by atoms with Crippen molar-refractivity contribution in [1.29, 1.82) is 5.26 Å². The van der Waals surface area contributed by atoms with Crippen LogP contribution in [0.1, 0.15) is 25.0 Å². The maximum Gasteiger partial charge on any atom is 0.389 e. The van der Waals surface area contributed by atoms with Crippen LogP contribution in [0.4, 0.5) is 19.0 Å². The number of anilines is 1. The van der Waals surface area contributed by atoms with Crippen molar-refractivity contribution in [3.8, 4) is 6.07 Å².